The molecule has 1 aromatic rings. The molecule has 5 N–H and O–H groups in total. The third-order valence-electron chi connectivity index (χ3n) is 4.98. The second-order valence-corrected chi connectivity index (χ2v) is 7.91. The van der Waals surface area contributed by atoms with Gasteiger partial charge < -0.3 is 21.5 Å². The Kier molecular flexibility index (Phi) is 5.72. The van der Waals surface area contributed by atoms with E-state index in [9.17, 15) is 9.59 Å². The zero-order chi connectivity index (χ0) is 18.8. The van der Waals surface area contributed by atoms with E-state index >= 15 is 0 Å². The Hall–Kier alpha value is -2.08. The van der Waals surface area contributed by atoms with Crippen molar-refractivity contribution in [3.05, 3.63) is 23.8 Å². The van der Waals surface area contributed by atoms with Crippen LogP contribution in [0.1, 0.15) is 45.6 Å². The summed E-state index contributed by atoms with van der Waals surface area (Å²) >= 11 is 0. The van der Waals surface area contributed by atoms with Crippen LogP contribution in [0, 0.1) is 11.8 Å². The van der Waals surface area contributed by atoms with E-state index in [-0.39, 0.29) is 41.6 Å². The summed E-state index contributed by atoms with van der Waals surface area (Å²) in [6.07, 6.45) is 1.38. The van der Waals surface area contributed by atoms with Crippen LogP contribution in [-0.2, 0) is 19.7 Å². The minimum Gasteiger partial charge on any atom is -0.397 e. The number of carbonyl (C=O) groups excluding carboxylic acids is 2. The summed E-state index contributed by atoms with van der Waals surface area (Å²) in [5.41, 5.74) is 13.6. The molecule has 2 rings (SSSR count). The number of carbonyl (C=O) groups is 2. The number of anilines is 2. The first-order valence-corrected chi connectivity index (χ1v) is 8.63. The zero-order valence-electron chi connectivity index (χ0n) is 15.5. The Labute approximate surface area is 149 Å². The summed E-state index contributed by atoms with van der Waals surface area (Å²) in [6, 6.07) is 5.71. The largest absolute Gasteiger partial charge is 0.397 e. The van der Waals surface area contributed by atoms with Gasteiger partial charge in [-0.05, 0) is 41.9 Å². The van der Waals surface area contributed by atoms with Crippen LogP contribution in [0.5, 0.6) is 0 Å². The molecule has 0 heterocycles. The fourth-order valence-electron chi connectivity index (χ4n) is 3.17. The van der Waals surface area contributed by atoms with E-state index in [2.05, 4.69) is 26.1 Å². The van der Waals surface area contributed by atoms with Gasteiger partial charge >= 0.3 is 0 Å². The number of rotatable bonds is 6. The fourth-order valence-corrected chi connectivity index (χ4v) is 3.17. The molecule has 1 atom stereocenters. The molecule has 0 saturated heterocycles. The van der Waals surface area contributed by atoms with Crippen LogP contribution >= 0.6 is 0 Å². The van der Waals surface area contributed by atoms with E-state index in [0.29, 0.717) is 24.2 Å². The quantitative estimate of drug-likeness (QED) is 0.687. The highest BCUT2D eigenvalue weighted by Gasteiger charge is 2.38. The van der Waals surface area contributed by atoms with Crippen molar-refractivity contribution in [2.45, 2.75) is 51.6 Å². The van der Waals surface area contributed by atoms with Crippen LogP contribution in [0.4, 0.5) is 11.4 Å². The average Bonchev–Trinajstić information content (AvgIpc) is 2.45. The van der Waals surface area contributed by atoms with E-state index in [0.717, 1.165) is 5.56 Å². The van der Waals surface area contributed by atoms with Crippen molar-refractivity contribution in [3.8, 4) is 0 Å². The molecule has 0 bridgehead atoms. The molecule has 25 heavy (non-hydrogen) atoms. The molecule has 1 unspecified atom stereocenters. The molecule has 0 spiro atoms. The molecule has 2 amide bonds. The number of nitrogens with one attached hydrogen (secondary N) is 1. The lowest BCUT2D eigenvalue weighted by Gasteiger charge is -2.37. The van der Waals surface area contributed by atoms with Crippen molar-refractivity contribution in [2.24, 2.45) is 17.6 Å². The summed E-state index contributed by atoms with van der Waals surface area (Å²) in [4.78, 5) is 23.5. The molecule has 1 aliphatic rings. The first-order valence-electron chi connectivity index (χ1n) is 8.63. The van der Waals surface area contributed by atoms with E-state index in [4.69, 9.17) is 16.2 Å². The lowest BCUT2D eigenvalue weighted by Crippen LogP contribution is -2.42. The van der Waals surface area contributed by atoms with Crippen molar-refractivity contribution in [1.82, 2.24) is 0 Å². The molecular weight excluding hydrogens is 318 g/mol. The number of ether oxygens (including phenoxy) is 1. The summed E-state index contributed by atoms with van der Waals surface area (Å²) in [5.74, 6) is -0.327. The number of amides is 2. The minimum atomic E-state index is -0.276. The van der Waals surface area contributed by atoms with Gasteiger partial charge in [-0.1, -0.05) is 26.8 Å². The molecule has 6 heteroatoms. The van der Waals surface area contributed by atoms with Crippen LogP contribution < -0.4 is 16.8 Å². The highest BCUT2D eigenvalue weighted by molar-refractivity contribution is 5.94. The maximum absolute atomic E-state index is 12.3. The molecular formula is C19H29N3O3. The van der Waals surface area contributed by atoms with Crippen molar-refractivity contribution in [3.63, 3.8) is 0 Å². The van der Waals surface area contributed by atoms with Gasteiger partial charge in [0.05, 0.1) is 23.9 Å². The predicted molar refractivity (Wildman–Crippen MR) is 99.0 cm³/mol. The first kappa shape index (κ1) is 19.2. The van der Waals surface area contributed by atoms with E-state index in [1.165, 1.54) is 0 Å². The normalized spacial score (nSPS) is 21.3. The first-order chi connectivity index (χ1) is 11.6. The van der Waals surface area contributed by atoms with Gasteiger partial charge in [-0.25, -0.2) is 0 Å². The van der Waals surface area contributed by atoms with E-state index in [1.54, 1.807) is 7.11 Å². The van der Waals surface area contributed by atoms with Gasteiger partial charge in [0.25, 0.3) is 0 Å². The third-order valence-corrected chi connectivity index (χ3v) is 4.98. The predicted octanol–water partition coefficient (Wildman–Crippen LogP) is 2.42. The topological polar surface area (TPSA) is 107 Å². The van der Waals surface area contributed by atoms with Gasteiger partial charge in [0.15, 0.2) is 0 Å². The number of nitrogen functional groups attached to an aromatic ring is 1. The van der Waals surface area contributed by atoms with Crippen molar-refractivity contribution in [2.75, 3.05) is 18.2 Å². The lowest BCUT2D eigenvalue weighted by molar-refractivity contribution is -0.129. The van der Waals surface area contributed by atoms with Gasteiger partial charge in [0.2, 0.25) is 11.8 Å². The summed E-state index contributed by atoms with van der Waals surface area (Å²) in [5, 5.41) is 2.86. The molecule has 138 valence electrons. The molecule has 1 aromatic carbocycles. The molecule has 0 aliphatic heterocycles. The molecule has 1 fully saturated rings. The third kappa shape index (κ3) is 4.72. The Bertz CT molecular complexity index is 646. The Morgan fingerprint density at radius 3 is 2.44 bits per heavy atom. The van der Waals surface area contributed by atoms with Crippen molar-refractivity contribution in [1.29, 1.82) is 0 Å². The van der Waals surface area contributed by atoms with Gasteiger partial charge in [0.1, 0.15) is 0 Å². The molecule has 6 nitrogen and oxygen atoms in total. The number of nitrogens with two attached hydrogens (primary N) is 2. The number of hydrogen-bond acceptors (Lipinski definition) is 4. The van der Waals surface area contributed by atoms with Crippen LogP contribution in [0.3, 0.4) is 0 Å². The van der Waals surface area contributed by atoms with Crippen LogP contribution in [-0.4, -0.2) is 25.0 Å². The van der Waals surface area contributed by atoms with Gasteiger partial charge in [0, 0.05) is 13.0 Å². The van der Waals surface area contributed by atoms with Gasteiger partial charge in [-0.2, -0.15) is 0 Å². The number of benzene rings is 1. The van der Waals surface area contributed by atoms with E-state index < -0.39 is 0 Å². The smallest absolute Gasteiger partial charge is 0.227 e. The van der Waals surface area contributed by atoms with Gasteiger partial charge in [-0.3, -0.25) is 9.59 Å². The highest BCUT2D eigenvalue weighted by atomic mass is 16.5. The second-order valence-electron chi connectivity index (χ2n) is 7.91. The molecule has 1 saturated carbocycles. The molecule has 0 radical (unpaired) electrons. The Morgan fingerprint density at radius 1 is 1.32 bits per heavy atom. The monoisotopic (exact) mass is 347 g/mol. The minimum absolute atomic E-state index is 0.000997. The summed E-state index contributed by atoms with van der Waals surface area (Å²) in [7, 11) is 1.59. The van der Waals surface area contributed by atoms with Crippen molar-refractivity contribution >= 4 is 23.2 Å². The van der Waals surface area contributed by atoms with E-state index in [1.807, 2.05) is 18.2 Å². The highest BCUT2D eigenvalue weighted by Crippen LogP contribution is 2.38. The number of methoxy groups -OCH3 is 1. The number of hydrogen-bond donors (Lipinski definition) is 3. The van der Waals surface area contributed by atoms with Crippen LogP contribution in [0.15, 0.2) is 18.2 Å². The summed E-state index contributed by atoms with van der Waals surface area (Å²) < 4.78 is 5.44. The molecule has 0 aromatic heterocycles. The second kappa shape index (κ2) is 7.44. The number of primary amides is 1. The standard InChI is InChI=1S/C19H29N3O3/c1-19(2,3)13-5-6-15(14(20)9-13)22-17(23)10-16(25-4)11-7-12(8-11)18(21)24/h5-6,9,11-12,16H,7-8,10,20H2,1-4H3,(H2,21,24)(H,22,23). The van der Waals surface area contributed by atoms with Crippen LogP contribution in [0.25, 0.3) is 0 Å². The SMILES string of the molecule is COC(CC(=O)Nc1ccc(C(C)(C)C)cc1N)C1CC(C(N)=O)C1. The van der Waals surface area contributed by atoms with Crippen molar-refractivity contribution < 1.29 is 14.3 Å². The van der Waals surface area contributed by atoms with Crippen LogP contribution in [0.2, 0.25) is 0 Å². The lowest BCUT2D eigenvalue weighted by atomic mass is 9.71. The molecule has 1 aliphatic carbocycles. The Morgan fingerprint density at radius 2 is 1.96 bits per heavy atom. The Balaban J connectivity index is 1.94. The fraction of sp³-hybridized carbons (Fsp3) is 0.579. The van der Waals surface area contributed by atoms with Gasteiger partial charge in [-0.15, -0.1) is 0 Å². The maximum atomic E-state index is 12.3. The average molecular weight is 347 g/mol. The maximum Gasteiger partial charge on any atom is 0.227 e. The summed E-state index contributed by atoms with van der Waals surface area (Å²) in [6.45, 7) is 6.34. The zero-order valence-corrected chi connectivity index (χ0v) is 15.5.